The predicted molar refractivity (Wildman–Crippen MR) is 90.8 cm³/mol. The standard InChI is InChI=1S/C17H30N4O3/c1-17(2)15(22)21(16(23)19-17)8-7-18-13-5-3-4-6-14(13)20-9-11-24-12-10-20/h13-14,18H,3-12H2,1-2H3,(H,19,23)/t13-,14-/m0/s1. The highest BCUT2D eigenvalue weighted by molar-refractivity contribution is 6.06. The van der Waals surface area contributed by atoms with Crippen molar-refractivity contribution in [2.45, 2.75) is 57.2 Å². The molecule has 2 saturated heterocycles. The average molecular weight is 338 g/mol. The zero-order valence-electron chi connectivity index (χ0n) is 14.8. The third-order valence-electron chi connectivity index (χ3n) is 5.43. The molecule has 0 aromatic heterocycles. The second-order valence-corrected chi connectivity index (χ2v) is 7.57. The second-order valence-electron chi connectivity index (χ2n) is 7.57. The third kappa shape index (κ3) is 3.73. The molecule has 0 bridgehead atoms. The lowest BCUT2D eigenvalue weighted by molar-refractivity contribution is -0.130. The number of ether oxygens (including phenoxy) is 1. The number of carbonyl (C=O) groups is 2. The van der Waals surface area contributed by atoms with Crippen LogP contribution in [0.1, 0.15) is 39.5 Å². The fraction of sp³-hybridized carbons (Fsp3) is 0.882. The van der Waals surface area contributed by atoms with E-state index in [2.05, 4.69) is 15.5 Å². The number of nitrogens with zero attached hydrogens (tertiary/aromatic N) is 2. The van der Waals surface area contributed by atoms with Crippen molar-refractivity contribution in [2.75, 3.05) is 39.4 Å². The van der Waals surface area contributed by atoms with Gasteiger partial charge in [0.25, 0.3) is 5.91 Å². The predicted octanol–water partition coefficient (Wildman–Crippen LogP) is 0.550. The first-order chi connectivity index (χ1) is 11.5. The van der Waals surface area contributed by atoms with E-state index in [1.54, 1.807) is 13.8 Å². The average Bonchev–Trinajstić information content (AvgIpc) is 2.77. The van der Waals surface area contributed by atoms with Crippen LogP contribution in [0.4, 0.5) is 4.79 Å². The molecule has 0 unspecified atom stereocenters. The number of hydrogen-bond donors (Lipinski definition) is 2. The van der Waals surface area contributed by atoms with Gasteiger partial charge in [0.15, 0.2) is 0 Å². The van der Waals surface area contributed by atoms with Crippen LogP contribution in [-0.4, -0.2) is 78.8 Å². The Morgan fingerprint density at radius 2 is 1.92 bits per heavy atom. The molecule has 0 aromatic carbocycles. The minimum atomic E-state index is -0.780. The quantitative estimate of drug-likeness (QED) is 0.716. The lowest BCUT2D eigenvalue weighted by atomic mass is 9.89. The van der Waals surface area contributed by atoms with Crippen molar-refractivity contribution in [1.82, 2.24) is 20.4 Å². The minimum absolute atomic E-state index is 0.136. The summed E-state index contributed by atoms with van der Waals surface area (Å²) >= 11 is 0. The van der Waals surface area contributed by atoms with Gasteiger partial charge in [-0.15, -0.1) is 0 Å². The van der Waals surface area contributed by atoms with Crippen molar-refractivity contribution in [1.29, 1.82) is 0 Å². The zero-order valence-corrected chi connectivity index (χ0v) is 14.8. The number of urea groups is 1. The van der Waals surface area contributed by atoms with Crippen LogP contribution < -0.4 is 10.6 Å². The van der Waals surface area contributed by atoms with Gasteiger partial charge in [0.2, 0.25) is 0 Å². The van der Waals surface area contributed by atoms with Crippen molar-refractivity contribution in [3.63, 3.8) is 0 Å². The van der Waals surface area contributed by atoms with Crippen LogP contribution >= 0.6 is 0 Å². The van der Waals surface area contributed by atoms with Gasteiger partial charge in [-0.25, -0.2) is 4.79 Å². The van der Waals surface area contributed by atoms with Crippen LogP contribution in [-0.2, 0) is 9.53 Å². The maximum atomic E-state index is 12.2. The van der Waals surface area contributed by atoms with E-state index in [0.29, 0.717) is 25.2 Å². The minimum Gasteiger partial charge on any atom is -0.379 e. The van der Waals surface area contributed by atoms with E-state index in [1.165, 1.54) is 24.2 Å². The van der Waals surface area contributed by atoms with Gasteiger partial charge in [0, 0.05) is 38.3 Å². The topological polar surface area (TPSA) is 73.9 Å². The molecule has 2 atom stereocenters. The van der Waals surface area contributed by atoms with E-state index in [9.17, 15) is 9.59 Å². The molecule has 7 heteroatoms. The van der Waals surface area contributed by atoms with Crippen LogP contribution in [0, 0.1) is 0 Å². The van der Waals surface area contributed by atoms with E-state index < -0.39 is 5.54 Å². The molecule has 0 aromatic rings. The Kier molecular flexibility index (Phi) is 5.42. The van der Waals surface area contributed by atoms with Crippen LogP contribution in [0.15, 0.2) is 0 Å². The fourth-order valence-electron chi connectivity index (χ4n) is 4.08. The van der Waals surface area contributed by atoms with Crippen molar-refractivity contribution < 1.29 is 14.3 Å². The summed E-state index contributed by atoms with van der Waals surface area (Å²) in [6.45, 7) is 8.23. The summed E-state index contributed by atoms with van der Waals surface area (Å²) < 4.78 is 5.47. The van der Waals surface area contributed by atoms with Crippen molar-refractivity contribution in [3.05, 3.63) is 0 Å². The lowest BCUT2D eigenvalue weighted by Gasteiger charge is -2.42. The summed E-state index contributed by atoms with van der Waals surface area (Å²) in [7, 11) is 0. The molecule has 24 heavy (non-hydrogen) atoms. The first-order valence-corrected chi connectivity index (χ1v) is 9.18. The molecule has 1 saturated carbocycles. The van der Waals surface area contributed by atoms with Gasteiger partial charge in [-0.1, -0.05) is 12.8 Å². The molecule has 3 fully saturated rings. The maximum absolute atomic E-state index is 12.2. The fourth-order valence-corrected chi connectivity index (χ4v) is 4.08. The number of rotatable bonds is 5. The molecule has 0 spiro atoms. The largest absolute Gasteiger partial charge is 0.379 e. The highest BCUT2D eigenvalue weighted by Gasteiger charge is 2.44. The third-order valence-corrected chi connectivity index (χ3v) is 5.43. The number of morpholine rings is 1. The first kappa shape index (κ1) is 17.6. The molecular formula is C17H30N4O3. The monoisotopic (exact) mass is 338 g/mol. The Labute approximate surface area is 144 Å². The summed E-state index contributed by atoms with van der Waals surface area (Å²) in [5.74, 6) is -0.136. The highest BCUT2D eigenvalue weighted by atomic mass is 16.5. The number of hydrogen-bond acceptors (Lipinski definition) is 5. The van der Waals surface area contributed by atoms with Gasteiger partial charge in [-0.3, -0.25) is 14.6 Å². The van der Waals surface area contributed by atoms with Crippen LogP contribution in [0.5, 0.6) is 0 Å². The van der Waals surface area contributed by atoms with Gasteiger partial charge < -0.3 is 15.4 Å². The molecule has 3 aliphatic rings. The van der Waals surface area contributed by atoms with Crippen LogP contribution in [0.2, 0.25) is 0 Å². The Balaban J connectivity index is 1.51. The number of carbonyl (C=O) groups excluding carboxylic acids is 2. The van der Waals surface area contributed by atoms with E-state index in [4.69, 9.17) is 4.74 Å². The molecule has 1 aliphatic carbocycles. The van der Waals surface area contributed by atoms with Crippen LogP contribution in [0.3, 0.4) is 0 Å². The SMILES string of the molecule is CC1(C)NC(=O)N(CCN[C@H]2CCCC[C@@H]2N2CCOCC2)C1=O. The molecule has 3 amide bonds. The molecule has 0 radical (unpaired) electrons. The Hall–Kier alpha value is -1.18. The van der Waals surface area contributed by atoms with Gasteiger partial charge in [0.05, 0.1) is 13.2 Å². The molecule has 136 valence electrons. The number of nitrogens with one attached hydrogen (secondary N) is 2. The Morgan fingerprint density at radius 3 is 2.58 bits per heavy atom. The zero-order chi connectivity index (χ0) is 17.2. The van der Waals surface area contributed by atoms with E-state index in [1.807, 2.05) is 0 Å². The normalized spacial score (nSPS) is 31.3. The van der Waals surface area contributed by atoms with E-state index >= 15 is 0 Å². The Bertz CT molecular complexity index is 476. The lowest BCUT2D eigenvalue weighted by Crippen LogP contribution is -2.55. The van der Waals surface area contributed by atoms with Crippen molar-refractivity contribution in [3.8, 4) is 0 Å². The summed E-state index contributed by atoms with van der Waals surface area (Å²) in [5.41, 5.74) is -0.780. The number of imide groups is 1. The van der Waals surface area contributed by atoms with Gasteiger partial charge >= 0.3 is 6.03 Å². The van der Waals surface area contributed by atoms with Gasteiger partial charge in [0.1, 0.15) is 5.54 Å². The molecule has 3 rings (SSSR count). The second kappa shape index (κ2) is 7.37. The first-order valence-electron chi connectivity index (χ1n) is 9.18. The van der Waals surface area contributed by atoms with Crippen LogP contribution in [0.25, 0.3) is 0 Å². The van der Waals surface area contributed by atoms with Crippen molar-refractivity contribution in [2.24, 2.45) is 0 Å². The van der Waals surface area contributed by atoms with E-state index in [-0.39, 0.29) is 11.9 Å². The number of amides is 3. The van der Waals surface area contributed by atoms with E-state index in [0.717, 1.165) is 32.7 Å². The molecule has 2 heterocycles. The van der Waals surface area contributed by atoms with Gasteiger partial charge in [-0.05, 0) is 26.7 Å². The summed E-state index contributed by atoms with van der Waals surface area (Å²) in [4.78, 5) is 28.0. The Morgan fingerprint density at radius 1 is 1.21 bits per heavy atom. The molecular weight excluding hydrogens is 308 g/mol. The summed E-state index contributed by atoms with van der Waals surface area (Å²) in [6.07, 6.45) is 4.90. The molecule has 2 N–H and O–H groups in total. The highest BCUT2D eigenvalue weighted by Crippen LogP contribution is 2.24. The van der Waals surface area contributed by atoms with Crippen molar-refractivity contribution >= 4 is 11.9 Å². The summed E-state index contributed by atoms with van der Waals surface area (Å²) in [5, 5.41) is 6.34. The van der Waals surface area contributed by atoms with Gasteiger partial charge in [-0.2, -0.15) is 0 Å². The summed E-state index contributed by atoms with van der Waals surface area (Å²) in [6, 6.07) is 0.702. The molecule has 2 aliphatic heterocycles. The maximum Gasteiger partial charge on any atom is 0.325 e. The smallest absolute Gasteiger partial charge is 0.325 e. The molecule has 7 nitrogen and oxygen atoms in total.